The molecule has 3 N–H and O–H groups in total. The molecule has 112 valence electrons. The van der Waals surface area contributed by atoms with Gasteiger partial charge in [0.25, 0.3) is 0 Å². The lowest BCUT2D eigenvalue weighted by molar-refractivity contribution is 0.416. The fourth-order valence-electron chi connectivity index (χ4n) is 2.15. The third-order valence-corrected chi connectivity index (χ3v) is 3.81. The Labute approximate surface area is 134 Å². The van der Waals surface area contributed by atoms with Crippen molar-refractivity contribution in [3.63, 3.8) is 0 Å². The summed E-state index contributed by atoms with van der Waals surface area (Å²) in [5, 5.41) is 8.27. The van der Waals surface area contributed by atoms with E-state index < -0.39 is 0 Å². The van der Waals surface area contributed by atoms with Gasteiger partial charge in [-0.2, -0.15) is 5.10 Å². The summed E-state index contributed by atoms with van der Waals surface area (Å²) >= 11 is 11.2. The largest absolute Gasteiger partial charge is 0.495 e. The summed E-state index contributed by atoms with van der Waals surface area (Å²) in [6, 6.07) is 3.68. The summed E-state index contributed by atoms with van der Waals surface area (Å²) in [6.45, 7) is 3.79. The zero-order valence-corrected chi connectivity index (χ0v) is 13.9. The molecule has 1 aromatic carbocycles. The van der Waals surface area contributed by atoms with Gasteiger partial charge in [0.2, 0.25) is 0 Å². The molecule has 0 atom stereocenters. The molecule has 0 saturated carbocycles. The summed E-state index contributed by atoms with van der Waals surface area (Å²) in [5.74, 6) is 1.36. The Kier molecular flexibility index (Phi) is 4.39. The molecular formula is C14H17ClN4OS. The lowest BCUT2D eigenvalue weighted by Gasteiger charge is -2.14. The van der Waals surface area contributed by atoms with Crippen LogP contribution in [0.2, 0.25) is 5.02 Å². The smallest absolute Gasteiger partial charge is 0.143 e. The van der Waals surface area contributed by atoms with E-state index in [1.54, 1.807) is 17.9 Å². The Balaban J connectivity index is 2.53. The van der Waals surface area contributed by atoms with E-state index in [4.69, 9.17) is 34.3 Å². The van der Waals surface area contributed by atoms with Crippen molar-refractivity contribution in [2.45, 2.75) is 13.8 Å². The monoisotopic (exact) mass is 324 g/mol. The maximum Gasteiger partial charge on any atom is 0.143 e. The van der Waals surface area contributed by atoms with Gasteiger partial charge in [-0.1, -0.05) is 23.8 Å². The average Bonchev–Trinajstić information content (AvgIpc) is 2.68. The normalized spacial score (nSPS) is 10.5. The Bertz CT molecular complexity index is 711. The van der Waals surface area contributed by atoms with Crippen molar-refractivity contribution in [1.29, 1.82) is 0 Å². The van der Waals surface area contributed by atoms with Gasteiger partial charge in [-0.15, -0.1) is 0 Å². The molecule has 0 aliphatic rings. The van der Waals surface area contributed by atoms with Crippen LogP contribution in [0.1, 0.15) is 16.8 Å². The molecule has 1 heterocycles. The first kappa shape index (κ1) is 15.6. The van der Waals surface area contributed by atoms with E-state index in [1.807, 2.05) is 27.0 Å². The minimum atomic E-state index is 0.299. The molecular weight excluding hydrogens is 308 g/mol. The zero-order chi connectivity index (χ0) is 15.7. The van der Waals surface area contributed by atoms with Crippen molar-refractivity contribution in [2.24, 2.45) is 12.8 Å². The van der Waals surface area contributed by atoms with Gasteiger partial charge in [-0.25, -0.2) is 0 Å². The fourth-order valence-corrected chi connectivity index (χ4v) is 2.55. The number of methoxy groups -OCH3 is 1. The van der Waals surface area contributed by atoms with Crippen LogP contribution in [0.25, 0.3) is 0 Å². The Morgan fingerprint density at radius 2 is 2.10 bits per heavy atom. The molecule has 0 aliphatic heterocycles. The average molecular weight is 325 g/mol. The second-order valence-corrected chi connectivity index (χ2v) is 5.57. The summed E-state index contributed by atoms with van der Waals surface area (Å²) in [5.41, 5.74) is 9.01. The van der Waals surface area contributed by atoms with Gasteiger partial charge >= 0.3 is 0 Å². The van der Waals surface area contributed by atoms with Crippen LogP contribution in [-0.4, -0.2) is 21.9 Å². The predicted molar refractivity (Wildman–Crippen MR) is 89.9 cm³/mol. The van der Waals surface area contributed by atoms with Crippen LogP contribution >= 0.6 is 23.8 Å². The molecule has 1 aromatic heterocycles. The first-order chi connectivity index (χ1) is 9.85. The van der Waals surface area contributed by atoms with Crippen molar-refractivity contribution in [3.8, 4) is 5.75 Å². The molecule has 0 radical (unpaired) electrons. The topological polar surface area (TPSA) is 65.1 Å². The third kappa shape index (κ3) is 2.96. The van der Waals surface area contributed by atoms with Crippen LogP contribution in [0.5, 0.6) is 5.75 Å². The van der Waals surface area contributed by atoms with Crippen molar-refractivity contribution in [1.82, 2.24) is 9.78 Å². The highest BCUT2D eigenvalue weighted by atomic mass is 35.5. The Morgan fingerprint density at radius 1 is 1.43 bits per heavy atom. The van der Waals surface area contributed by atoms with Crippen molar-refractivity contribution >= 4 is 40.3 Å². The van der Waals surface area contributed by atoms with Crippen molar-refractivity contribution < 1.29 is 4.74 Å². The molecule has 0 amide bonds. The maximum atomic E-state index is 6.12. The number of ether oxygens (including phenoxy) is 1. The quantitative estimate of drug-likeness (QED) is 0.846. The number of aryl methyl sites for hydroxylation is 3. The van der Waals surface area contributed by atoms with Gasteiger partial charge < -0.3 is 15.8 Å². The first-order valence-electron chi connectivity index (χ1n) is 6.29. The number of aromatic nitrogens is 2. The minimum absolute atomic E-state index is 0.299. The SMILES string of the molecule is COc1cc(Cl)c(C)cc1Nc1c(C(N)=S)c(C)nn1C. The number of nitrogens with two attached hydrogens (primary N) is 1. The van der Waals surface area contributed by atoms with E-state index in [0.717, 1.165) is 28.3 Å². The number of thiocarbonyl (C=S) groups is 1. The molecule has 0 saturated heterocycles. The second kappa shape index (κ2) is 5.91. The second-order valence-electron chi connectivity index (χ2n) is 4.72. The molecule has 21 heavy (non-hydrogen) atoms. The summed E-state index contributed by atoms with van der Waals surface area (Å²) in [7, 11) is 3.42. The molecule has 2 rings (SSSR count). The van der Waals surface area contributed by atoms with Crippen LogP contribution in [0.4, 0.5) is 11.5 Å². The van der Waals surface area contributed by atoms with Crippen molar-refractivity contribution in [2.75, 3.05) is 12.4 Å². The summed E-state index contributed by atoms with van der Waals surface area (Å²) in [6.07, 6.45) is 0. The molecule has 2 aromatic rings. The fraction of sp³-hybridized carbons (Fsp3) is 0.286. The van der Waals surface area contributed by atoms with E-state index in [2.05, 4.69) is 10.4 Å². The number of benzene rings is 1. The molecule has 0 unspecified atom stereocenters. The van der Waals surface area contributed by atoms with E-state index in [0.29, 0.717) is 15.8 Å². The number of hydrogen-bond donors (Lipinski definition) is 2. The third-order valence-electron chi connectivity index (χ3n) is 3.20. The van der Waals surface area contributed by atoms with Gasteiger partial charge in [-0.05, 0) is 25.5 Å². The highest BCUT2D eigenvalue weighted by Gasteiger charge is 2.17. The van der Waals surface area contributed by atoms with Crippen LogP contribution in [-0.2, 0) is 7.05 Å². The zero-order valence-electron chi connectivity index (χ0n) is 12.3. The number of halogens is 1. The first-order valence-corrected chi connectivity index (χ1v) is 7.08. The van der Waals surface area contributed by atoms with E-state index >= 15 is 0 Å². The highest BCUT2D eigenvalue weighted by molar-refractivity contribution is 7.80. The molecule has 0 spiro atoms. The number of nitrogens with zero attached hydrogens (tertiary/aromatic N) is 2. The molecule has 7 heteroatoms. The number of hydrogen-bond acceptors (Lipinski definition) is 4. The highest BCUT2D eigenvalue weighted by Crippen LogP contribution is 2.34. The van der Waals surface area contributed by atoms with Gasteiger partial charge in [0.05, 0.1) is 24.1 Å². The Morgan fingerprint density at radius 3 is 2.67 bits per heavy atom. The van der Waals surface area contributed by atoms with Gasteiger partial charge in [-0.3, -0.25) is 4.68 Å². The van der Waals surface area contributed by atoms with Gasteiger partial charge in [0.15, 0.2) is 0 Å². The lowest BCUT2D eigenvalue weighted by Crippen LogP contribution is -2.13. The van der Waals surface area contributed by atoms with E-state index in [1.165, 1.54) is 0 Å². The molecule has 0 aliphatic carbocycles. The Hall–Kier alpha value is -1.79. The number of rotatable bonds is 4. The molecule has 0 fully saturated rings. The summed E-state index contributed by atoms with van der Waals surface area (Å²) in [4.78, 5) is 0.299. The van der Waals surface area contributed by atoms with E-state index in [-0.39, 0.29) is 0 Å². The number of nitrogens with one attached hydrogen (secondary N) is 1. The van der Waals surface area contributed by atoms with Crippen LogP contribution in [0.3, 0.4) is 0 Å². The lowest BCUT2D eigenvalue weighted by atomic mass is 10.2. The maximum absolute atomic E-state index is 6.12. The van der Waals surface area contributed by atoms with Gasteiger partial charge in [0, 0.05) is 18.1 Å². The van der Waals surface area contributed by atoms with E-state index in [9.17, 15) is 0 Å². The molecule has 0 bridgehead atoms. The van der Waals surface area contributed by atoms with Crippen molar-refractivity contribution in [3.05, 3.63) is 34.0 Å². The van der Waals surface area contributed by atoms with Crippen LogP contribution in [0, 0.1) is 13.8 Å². The van der Waals surface area contributed by atoms with Crippen LogP contribution < -0.4 is 15.8 Å². The van der Waals surface area contributed by atoms with Gasteiger partial charge in [0.1, 0.15) is 16.6 Å². The number of anilines is 2. The predicted octanol–water partition coefficient (Wildman–Crippen LogP) is 3.08. The summed E-state index contributed by atoms with van der Waals surface area (Å²) < 4.78 is 7.06. The molecule has 5 nitrogen and oxygen atoms in total. The standard InChI is InChI=1S/C14H17ClN4OS/c1-7-5-10(11(20-4)6-9(7)15)17-14-12(13(16)21)8(2)18-19(14)3/h5-6,17H,1-4H3,(H2,16,21). The minimum Gasteiger partial charge on any atom is -0.495 e. The van der Waals surface area contributed by atoms with Crippen LogP contribution in [0.15, 0.2) is 12.1 Å².